The molecular formula is C15H13NO3. The first-order valence-corrected chi connectivity index (χ1v) is 5.87. The Bertz CT molecular complexity index is 768. The molecule has 0 amide bonds. The van der Waals surface area contributed by atoms with Crippen molar-refractivity contribution in [2.45, 2.75) is 0 Å². The van der Waals surface area contributed by atoms with E-state index in [1.54, 1.807) is 32.5 Å². The van der Waals surface area contributed by atoms with Crippen LogP contribution in [0, 0.1) is 0 Å². The first-order chi connectivity index (χ1) is 9.24. The molecule has 3 aromatic rings. The van der Waals surface area contributed by atoms with Crippen LogP contribution >= 0.6 is 0 Å². The molecule has 0 unspecified atom stereocenters. The van der Waals surface area contributed by atoms with Gasteiger partial charge in [0.2, 0.25) is 0 Å². The van der Waals surface area contributed by atoms with Gasteiger partial charge in [-0.05, 0) is 30.3 Å². The van der Waals surface area contributed by atoms with Gasteiger partial charge in [-0.1, -0.05) is 0 Å². The fraction of sp³-hybridized carbons (Fsp3) is 0.133. The molecular weight excluding hydrogens is 242 g/mol. The Morgan fingerprint density at radius 3 is 2.63 bits per heavy atom. The summed E-state index contributed by atoms with van der Waals surface area (Å²) in [5.74, 6) is 1.49. The summed E-state index contributed by atoms with van der Waals surface area (Å²) in [6.07, 6.45) is 1.78. The van der Waals surface area contributed by atoms with Crippen LogP contribution in [0.1, 0.15) is 0 Å². The van der Waals surface area contributed by atoms with Gasteiger partial charge in [0.25, 0.3) is 0 Å². The van der Waals surface area contributed by atoms with Gasteiger partial charge in [-0.3, -0.25) is 4.98 Å². The molecule has 0 fully saturated rings. The Hall–Kier alpha value is -2.49. The maximum Gasteiger partial charge on any atom is 0.170 e. The third kappa shape index (κ3) is 1.73. The van der Waals surface area contributed by atoms with Crippen molar-refractivity contribution in [2.75, 3.05) is 14.2 Å². The molecule has 19 heavy (non-hydrogen) atoms. The number of fused-ring (bicyclic) bond motifs is 3. The molecule has 0 aliphatic carbocycles. The highest BCUT2D eigenvalue weighted by atomic mass is 16.5. The number of aromatic hydroxyl groups is 1. The SMILES string of the molecule is COc1ccc2ncc3ccc(O)cc3c2c1OC. The van der Waals surface area contributed by atoms with Crippen LogP contribution < -0.4 is 9.47 Å². The maximum atomic E-state index is 9.69. The Kier molecular flexibility index (Phi) is 2.63. The number of phenolic OH excluding ortho intramolecular Hbond substituents is 1. The number of phenols is 1. The molecule has 4 heteroatoms. The normalized spacial score (nSPS) is 10.8. The zero-order valence-corrected chi connectivity index (χ0v) is 10.7. The molecule has 0 aliphatic heterocycles. The molecule has 0 radical (unpaired) electrons. The number of ether oxygens (including phenoxy) is 2. The van der Waals surface area contributed by atoms with Crippen molar-refractivity contribution in [3.05, 3.63) is 36.5 Å². The van der Waals surface area contributed by atoms with E-state index >= 15 is 0 Å². The maximum absolute atomic E-state index is 9.69. The smallest absolute Gasteiger partial charge is 0.170 e. The van der Waals surface area contributed by atoms with Gasteiger partial charge >= 0.3 is 0 Å². The summed E-state index contributed by atoms with van der Waals surface area (Å²) in [7, 11) is 3.19. The van der Waals surface area contributed by atoms with E-state index in [-0.39, 0.29) is 5.75 Å². The monoisotopic (exact) mass is 255 g/mol. The van der Waals surface area contributed by atoms with Gasteiger partial charge in [0.1, 0.15) is 5.75 Å². The zero-order valence-electron chi connectivity index (χ0n) is 10.7. The lowest BCUT2D eigenvalue weighted by atomic mass is 10.1. The minimum absolute atomic E-state index is 0.213. The number of methoxy groups -OCH3 is 2. The first-order valence-electron chi connectivity index (χ1n) is 5.87. The Morgan fingerprint density at radius 2 is 1.89 bits per heavy atom. The second kappa shape index (κ2) is 4.31. The molecule has 1 heterocycles. The second-order valence-electron chi connectivity index (χ2n) is 4.22. The number of nitrogens with zero attached hydrogens (tertiary/aromatic N) is 1. The zero-order chi connectivity index (χ0) is 13.4. The van der Waals surface area contributed by atoms with Crippen LogP contribution in [0.25, 0.3) is 21.7 Å². The third-order valence-electron chi connectivity index (χ3n) is 3.17. The largest absolute Gasteiger partial charge is 0.508 e. The number of hydrogen-bond donors (Lipinski definition) is 1. The number of benzene rings is 2. The molecule has 1 N–H and O–H groups in total. The fourth-order valence-electron chi connectivity index (χ4n) is 2.30. The van der Waals surface area contributed by atoms with E-state index in [1.807, 2.05) is 18.2 Å². The lowest BCUT2D eigenvalue weighted by Gasteiger charge is -2.12. The van der Waals surface area contributed by atoms with Gasteiger partial charge in [0, 0.05) is 17.0 Å². The van der Waals surface area contributed by atoms with Crippen molar-refractivity contribution in [3.63, 3.8) is 0 Å². The third-order valence-corrected chi connectivity index (χ3v) is 3.17. The van der Waals surface area contributed by atoms with Crippen molar-refractivity contribution in [2.24, 2.45) is 0 Å². The Labute approximate surface area is 110 Å². The Balaban J connectivity index is 2.54. The summed E-state index contributed by atoms with van der Waals surface area (Å²) < 4.78 is 10.8. The van der Waals surface area contributed by atoms with E-state index in [4.69, 9.17) is 9.47 Å². The standard InChI is InChI=1S/C15H13NO3/c1-18-13-6-5-12-14(15(13)19-2)11-7-10(17)4-3-9(11)8-16-12/h3-8,17H,1-2H3. The highest BCUT2D eigenvalue weighted by molar-refractivity contribution is 6.10. The van der Waals surface area contributed by atoms with Crippen LogP contribution in [0.2, 0.25) is 0 Å². The molecule has 0 saturated heterocycles. The average molecular weight is 255 g/mol. The minimum atomic E-state index is 0.213. The van der Waals surface area contributed by atoms with Crippen LogP contribution in [0.15, 0.2) is 36.5 Å². The summed E-state index contributed by atoms with van der Waals surface area (Å²) >= 11 is 0. The lowest BCUT2D eigenvalue weighted by Crippen LogP contribution is -1.93. The van der Waals surface area contributed by atoms with Gasteiger partial charge < -0.3 is 14.6 Å². The van der Waals surface area contributed by atoms with Crippen molar-refractivity contribution in [1.29, 1.82) is 0 Å². The van der Waals surface area contributed by atoms with Crippen molar-refractivity contribution in [1.82, 2.24) is 4.98 Å². The molecule has 96 valence electrons. The van der Waals surface area contributed by atoms with E-state index in [1.165, 1.54) is 0 Å². The lowest BCUT2D eigenvalue weighted by molar-refractivity contribution is 0.358. The van der Waals surface area contributed by atoms with Crippen molar-refractivity contribution >= 4 is 21.7 Å². The summed E-state index contributed by atoms with van der Waals surface area (Å²) in [5.41, 5.74) is 0.802. The molecule has 1 aromatic heterocycles. The van der Waals surface area contributed by atoms with E-state index in [0.29, 0.717) is 11.5 Å². The van der Waals surface area contributed by atoms with Crippen LogP contribution in [0.4, 0.5) is 0 Å². The topological polar surface area (TPSA) is 51.6 Å². The molecule has 4 nitrogen and oxygen atoms in total. The number of hydrogen-bond acceptors (Lipinski definition) is 4. The van der Waals surface area contributed by atoms with E-state index in [0.717, 1.165) is 21.7 Å². The quantitative estimate of drug-likeness (QED) is 0.715. The predicted molar refractivity (Wildman–Crippen MR) is 74.0 cm³/mol. The second-order valence-corrected chi connectivity index (χ2v) is 4.22. The van der Waals surface area contributed by atoms with Gasteiger partial charge in [-0.15, -0.1) is 0 Å². The van der Waals surface area contributed by atoms with Crippen LogP contribution in [-0.4, -0.2) is 24.3 Å². The molecule has 0 aliphatic rings. The van der Waals surface area contributed by atoms with Gasteiger partial charge in [-0.25, -0.2) is 0 Å². The summed E-state index contributed by atoms with van der Waals surface area (Å²) in [6.45, 7) is 0. The number of aromatic nitrogens is 1. The molecule has 0 bridgehead atoms. The van der Waals surface area contributed by atoms with E-state index < -0.39 is 0 Å². The van der Waals surface area contributed by atoms with Gasteiger partial charge in [-0.2, -0.15) is 0 Å². The molecule has 3 rings (SSSR count). The van der Waals surface area contributed by atoms with Gasteiger partial charge in [0.05, 0.1) is 25.1 Å². The highest BCUT2D eigenvalue weighted by Crippen LogP contribution is 2.39. The van der Waals surface area contributed by atoms with Crippen molar-refractivity contribution < 1.29 is 14.6 Å². The number of pyridine rings is 1. The first kappa shape index (κ1) is 11.6. The van der Waals surface area contributed by atoms with Crippen LogP contribution in [0.3, 0.4) is 0 Å². The molecule has 0 atom stereocenters. The van der Waals surface area contributed by atoms with Crippen LogP contribution in [-0.2, 0) is 0 Å². The number of rotatable bonds is 2. The van der Waals surface area contributed by atoms with Crippen LogP contribution in [0.5, 0.6) is 17.2 Å². The van der Waals surface area contributed by atoms with Gasteiger partial charge in [0.15, 0.2) is 11.5 Å². The molecule has 0 saturated carbocycles. The molecule has 2 aromatic carbocycles. The average Bonchev–Trinajstić information content (AvgIpc) is 2.45. The van der Waals surface area contributed by atoms with E-state index in [2.05, 4.69) is 4.98 Å². The fourth-order valence-corrected chi connectivity index (χ4v) is 2.30. The molecule has 0 spiro atoms. The summed E-state index contributed by atoms with van der Waals surface area (Å²) in [6, 6.07) is 8.88. The summed E-state index contributed by atoms with van der Waals surface area (Å²) in [4.78, 5) is 4.41. The summed E-state index contributed by atoms with van der Waals surface area (Å²) in [5, 5.41) is 12.4. The minimum Gasteiger partial charge on any atom is -0.508 e. The predicted octanol–water partition coefficient (Wildman–Crippen LogP) is 3.11. The van der Waals surface area contributed by atoms with E-state index in [9.17, 15) is 5.11 Å². The van der Waals surface area contributed by atoms with Crippen molar-refractivity contribution in [3.8, 4) is 17.2 Å². The highest BCUT2D eigenvalue weighted by Gasteiger charge is 2.13. The Morgan fingerprint density at radius 1 is 1.05 bits per heavy atom.